The molecule has 0 bridgehead atoms. The minimum Gasteiger partial charge on any atom is -0.396 e. The average Bonchev–Trinajstić information content (AvgIpc) is 2.30. The molecular weight excluding hydrogens is 204 g/mol. The molecule has 0 aliphatic carbocycles. The summed E-state index contributed by atoms with van der Waals surface area (Å²) in [5, 5.41) is 21.3. The maximum absolute atomic E-state index is 9.30. The molecule has 92 valence electrons. The largest absolute Gasteiger partial charge is 0.396 e. The predicted octanol–water partition coefficient (Wildman–Crippen LogP) is 1.20. The first-order chi connectivity index (χ1) is 7.76. The molecule has 0 aromatic heterocycles. The third-order valence-corrected chi connectivity index (χ3v) is 3.08. The zero-order chi connectivity index (χ0) is 11.9. The summed E-state index contributed by atoms with van der Waals surface area (Å²) >= 11 is 0. The van der Waals surface area contributed by atoms with Gasteiger partial charge in [-0.05, 0) is 19.4 Å². The highest BCUT2D eigenvalue weighted by atomic mass is 16.5. The highest BCUT2D eigenvalue weighted by Crippen LogP contribution is 2.26. The normalized spacial score (nSPS) is 29.9. The molecule has 0 aromatic rings. The number of nitrogens with zero attached hydrogens (tertiary/aromatic N) is 1. The summed E-state index contributed by atoms with van der Waals surface area (Å²) in [6.07, 6.45) is 4.52. The molecule has 2 N–H and O–H groups in total. The molecule has 0 radical (unpaired) electrons. The standard InChI is InChI=1S/C12H22N2O2/c1-2-4-11-9-12(10-13,5-8-16-11)14-6-3-7-15/h11,14-15H,2-9H2,1H3. The van der Waals surface area contributed by atoms with E-state index in [9.17, 15) is 5.26 Å². The predicted molar refractivity (Wildman–Crippen MR) is 61.9 cm³/mol. The third kappa shape index (κ3) is 3.75. The first kappa shape index (κ1) is 13.4. The average molecular weight is 226 g/mol. The Kier molecular flexibility index (Phi) is 5.75. The van der Waals surface area contributed by atoms with Crippen molar-refractivity contribution in [2.75, 3.05) is 19.8 Å². The van der Waals surface area contributed by atoms with E-state index in [1.54, 1.807) is 0 Å². The molecule has 0 saturated carbocycles. The van der Waals surface area contributed by atoms with Gasteiger partial charge in [-0.2, -0.15) is 5.26 Å². The first-order valence-corrected chi connectivity index (χ1v) is 6.15. The molecule has 1 fully saturated rings. The number of aliphatic hydroxyl groups is 1. The van der Waals surface area contributed by atoms with Gasteiger partial charge in [0.15, 0.2) is 0 Å². The van der Waals surface area contributed by atoms with E-state index in [4.69, 9.17) is 9.84 Å². The highest BCUT2D eigenvalue weighted by molar-refractivity contribution is 5.09. The zero-order valence-corrected chi connectivity index (χ0v) is 10.0. The monoisotopic (exact) mass is 226 g/mol. The van der Waals surface area contributed by atoms with Crippen molar-refractivity contribution in [2.24, 2.45) is 0 Å². The molecule has 2 unspecified atom stereocenters. The van der Waals surface area contributed by atoms with Gasteiger partial charge in [0.2, 0.25) is 0 Å². The lowest BCUT2D eigenvalue weighted by Crippen LogP contribution is -2.51. The molecule has 4 nitrogen and oxygen atoms in total. The van der Waals surface area contributed by atoms with E-state index < -0.39 is 5.54 Å². The fourth-order valence-electron chi connectivity index (χ4n) is 2.17. The van der Waals surface area contributed by atoms with Gasteiger partial charge in [0, 0.05) is 26.1 Å². The van der Waals surface area contributed by atoms with Crippen LogP contribution in [0.25, 0.3) is 0 Å². The number of aliphatic hydroxyl groups excluding tert-OH is 1. The molecule has 1 saturated heterocycles. The van der Waals surface area contributed by atoms with E-state index >= 15 is 0 Å². The number of rotatable bonds is 6. The molecule has 1 aliphatic rings. The van der Waals surface area contributed by atoms with E-state index in [0.717, 1.165) is 25.7 Å². The summed E-state index contributed by atoms with van der Waals surface area (Å²) in [6.45, 7) is 3.65. The molecule has 4 heteroatoms. The number of ether oxygens (including phenoxy) is 1. The second kappa shape index (κ2) is 6.85. The smallest absolute Gasteiger partial charge is 0.111 e. The Hall–Kier alpha value is -0.630. The van der Waals surface area contributed by atoms with Gasteiger partial charge in [-0.25, -0.2) is 0 Å². The first-order valence-electron chi connectivity index (χ1n) is 6.15. The van der Waals surface area contributed by atoms with Crippen molar-refractivity contribution in [1.82, 2.24) is 5.32 Å². The van der Waals surface area contributed by atoms with Crippen molar-refractivity contribution >= 4 is 0 Å². The summed E-state index contributed by atoms with van der Waals surface area (Å²) in [4.78, 5) is 0. The van der Waals surface area contributed by atoms with E-state index in [1.807, 2.05) is 0 Å². The molecule has 0 amide bonds. The Morgan fingerprint density at radius 2 is 2.44 bits per heavy atom. The van der Waals surface area contributed by atoms with Crippen molar-refractivity contribution < 1.29 is 9.84 Å². The van der Waals surface area contributed by atoms with E-state index in [-0.39, 0.29) is 12.7 Å². The Bertz CT molecular complexity index is 238. The van der Waals surface area contributed by atoms with Crippen molar-refractivity contribution in [3.63, 3.8) is 0 Å². The topological polar surface area (TPSA) is 65.3 Å². The van der Waals surface area contributed by atoms with Gasteiger partial charge in [-0.1, -0.05) is 13.3 Å². The second-order valence-electron chi connectivity index (χ2n) is 4.43. The lowest BCUT2D eigenvalue weighted by Gasteiger charge is -2.36. The van der Waals surface area contributed by atoms with E-state index in [2.05, 4.69) is 18.3 Å². The van der Waals surface area contributed by atoms with Crippen LogP contribution in [0.4, 0.5) is 0 Å². The fourth-order valence-corrected chi connectivity index (χ4v) is 2.17. The van der Waals surface area contributed by atoms with Gasteiger partial charge in [-0.3, -0.25) is 5.32 Å². The molecule has 1 aliphatic heterocycles. The SMILES string of the molecule is CCCC1CC(C#N)(NCCCO)CCO1. The van der Waals surface area contributed by atoms with Crippen molar-refractivity contribution in [3.8, 4) is 6.07 Å². The lowest BCUT2D eigenvalue weighted by molar-refractivity contribution is -0.0187. The fraction of sp³-hybridized carbons (Fsp3) is 0.917. The molecule has 0 aromatic carbocycles. The highest BCUT2D eigenvalue weighted by Gasteiger charge is 2.36. The van der Waals surface area contributed by atoms with Crippen LogP contribution in [0.2, 0.25) is 0 Å². The number of hydrogen-bond acceptors (Lipinski definition) is 4. The molecular formula is C12H22N2O2. The van der Waals surface area contributed by atoms with Gasteiger partial charge in [0.25, 0.3) is 0 Å². The molecule has 16 heavy (non-hydrogen) atoms. The number of nitrogens with one attached hydrogen (secondary N) is 1. The maximum atomic E-state index is 9.30. The second-order valence-corrected chi connectivity index (χ2v) is 4.43. The van der Waals surface area contributed by atoms with Gasteiger partial charge >= 0.3 is 0 Å². The van der Waals surface area contributed by atoms with Crippen LogP contribution in [-0.4, -0.2) is 36.5 Å². The van der Waals surface area contributed by atoms with E-state index in [0.29, 0.717) is 19.6 Å². The Labute approximate surface area is 97.6 Å². The Morgan fingerprint density at radius 3 is 3.06 bits per heavy atom. The van der Waals surface area contributed by atoms with Gasteiger partial charge < -0.3 is 9.84 Å². The van der Waals surface area contributed by atoms with Crippen LogP contribution in [-0.2, 0) is 4.74 Å². The number of nitriles is 1. The quantitative estimate of drug-likeness (QED) is 0.668. The molecule has 1 rings (SSSR count). The molecule has 2 atom stereocenters. The number of hydrogen-bond donors (Lipinski definition) is 2. The van der Waals surface area contributed by atoms with Gasteiger partial charge in [0.05, 0.1) is 12.2 Å². The molecule has 1 heterocycles. The van der Waals surface area contributed by atoms with Crippen molar-refractivity contribution in [3.05, 3.63) is 0 Å². The van der Waals surface area contributed by atoms with Crippen LogP contribution in [0, 0.1) is 11.3 Å². The van der Waals surface area contributed by atoms with Crippen LogP contribution >= 0.6 is 0 Å². The minimum atomic E-state index is -0.437. The summed E-state index contributed by atoms with van der Waals surface area (Å²) < 4.78 is 5.64. The van der Waals surface area contributed by atoms with Gasteiger partial charge in [-0.15, -0.1) is 0 Å². The maximum Gasteiger partial charge on any atom is 0.111 e. The Morgan fingerprint density at radius 1 is 1.62 bits per heavy atom. The summed E-state index contributed by atoms with van der Waals surface area (Å²) in [7, 11) is 0. The lowest BCUT2D eigenvalue weighted by atomic mass is 9.86. The van der Waals surface area contributed by atoms with Crippen LogP contribution in [0.3, 0.4) is 0 Å². The minimum absolute atomic E-state index is 0.170. The zero-order valence-electron chi connectivity index (χ0n) is 10.0. The summed E-state index contributed by atoms with van der Waals surface area (Å²) in [6, 6.07) is 2.39. The summed E-state index contributed by atoms with van der Waals surface area (Å²) in [5.74, 6) is 0. The van der Waals surface area contributed by atoms with Crippen molar-refractivity contribution in [1.29, 1.82) is 5.26 Å². The van der Waals surface area contributed by atoms with E-state index in [1.165, 1.54) is 0 Å². The van der Waals surface area contributed by atoms with Gasteiger partial charge in [0.1, 0.15) is 5.54 Å². The van der Waals surface area contributed by atoms with Crippen LogP contribution in [0.15, 0.2) is 0 Å². The van der Waals surface area contributed by atoms with Crippen LogP contribution < -0.4 is 5.32 Å². The van der Waals surface area contributed by atoms with Crippen LogP contribution in [0.1, 0.15) is 39.0 Å². The summed E-state index contributed by atoms with van der Waals surface area (Å²) in [5.41, 5.74) is -0.437. The third-order valence-electron chi connectivity index (χ3n) is 3.08. The van der Waals surface area contributed by atoms with Crippen molar-refractivity contribution in [2.45, 2.75) is 50.7 Å². The molecule has 0 spiro atoms. The Balaban J connectivity index is 2.47. The van der Waals surface area contributed by atoms with Crippen LogP contribution in [0.5, 0.6) is 0 Å².